The van der Waals surface area contributed by atoms with Crippen LogP contribution >= 0.6 is 11.6 Å². The second-order valence-electron chi connectivity index (χ2n) is 4.52. The van der Waals surface area contributed by atoms with Gasteiger partial charge in [0.15, 0.2) is 5.71 Å². The quantitative estimate of drug-likeness (QED) is 0.876. The molecule has 1 unspecified atom stereocenters. The van der Waals surface area contributed by atoms with Crippen LogP contribution in [0.4, 0.5) is 0 Å². The lowest BCUT2D eigenvalue weighted by atomic mass is 9.81. The smallest absolute Gasteiger partial charge is 0.267 e. The summed E-state index contributed by atoms with van der Waals surface area (Å²) in [6.45, 7) is 3.73. The Morgan fingerprint density at radius 1 is 1.41 bits per heavy atom. The Hall–Kier alpha value is -1.55. The minimum absolute atomic E-state index is 0.248. The summed E-state index contributed by atoms with van der Waals surface area (Å²) in [4.78, 5) is 16.6. The van der Waals surface area contributed by atoms with Crippen LogP contribution < -0.4 is 5.73 Å². The molecule has 1 heterocycles. The Kier molecular flexibility index (Phi) is 2.83. The van der Waals surface area contributed by atoms with Crippen molar-refractivity contribution >= 4 is 23.2 Å². The van der Waals surface area contributed by atoms with Crippen LogP contribution in [0.1, 0.15) is 25.3 Å². The first-order chi connectivity index (χ1) is 7.92. The first-order valence-corrected chi connectivity index (χ1v) is 5.61. The second kappa shape index (κ2) is 4.04. The second-order valence-corrected chi connectivity index (χ2v) is 4.96. The monoisotopic (exact) mass is 252 g/mol. The van der Waals surface area contributed by atoms with Gasteiger partial charge in [-0.05, 0) is 31.5 Å². The van der Waals surface area contributed by atoms with Crippen LogP contribution in [0.2, 0.25) is 5.02 Å². The van der Waals surface area contributed by atoms with Crippen LogP contribution in [-0.4, -0.2) is 17.2 Å². The van der Waals surface area contributed by atoms with Gasteiger partial charge in [0, 0.05) is 5.02 Å². The maximum Gasteiger partial charge on any atom is 0.267 e. The molecule has 2 N–H and O–H groups in total. The summed E-state index contributed by atoms with van der Waals surface area (Å²) in [5, 5.41) is 4.42. The number of oxime groups is 1. The number of amides is 1. The lowest BCUT2D eigenvalue weighted by Crippen LogP contribution is -2.36. The molecular formula is C12H13ClN2O2. The zero-order valence-corrected chi connectivity index (χ0v) is 10.4. The van der Waals surface area contributed by atoms with Crippen LogP contribution in [-0.2, 0) is 9.63 Å². The first kappa shape index (κ1) is 11.9. The van der Waals surface area contributed by atoms with Crippen molar-refractivity contribution in [3.05, 3.63) is 34.9 Å². The van der Waals surface area contributed by atoms with Crippen molar-refractivity contribution in [3.8, 4) is 0 Å². The fourth-order valence-corrected chi connectivity index (χ4v) is 2.13. The average molecular weight is 253 g/mol. The first-order valence-electron chi connectivity index (χ1n) is 5.23. The fourth-order valence-electron chi connectivity index (χ4n) is 2.00. The highest BCUT2D eigenvalue weighted by Gasteiger charge is 2.44. The van der Waals surface area contributed by atoms with Crippen molar-refractivity contribution in [2.75, 3.05) is 0 Å². The highest BCUT2D eigenvalue weighted by atomic mass is 35.5. The minimum Gasteiger partial charge on any atom is -0.388 e. The Bertz CT molecular complexity index is 480. The maximum atomic E-state index is 11.3. The summed E-state index contributed by atoms with van der Waals surface area (Å²) in [5.41, 5.74) is 5.87. The minimum atomic E-state index is -0.585. The molecule has 0 saturated heterocycles. The van der Waals surface area contributed by atoms with E-state index in [2.05, 4.69) is 5.16 Å². The topological polar surface area (TPSA) is 64.7 Å². The number of primary amides is 1. The normalized spacial score (nSPS) is 21.8. The Balaban J connectivity index is 2.43. The molecule has 0 spiro atoms. The van der Waals surface area contributed by atoms with Crippen molar-refractivity contribution in [2.45, 2.75) is 25.4 Å². The van der Waals surface area contributed by atoms with E-state index in [0.717, 1.165) is 5.56 Å². The number of rotatable bonds is 2. The lowest BCUT2D eigenvalue weighted by Gasteiger charge is -2.24. The predicted molar refractivity (Wildman–Crippen MR) is 66.0 cm³/mol. The van der Waals surface area contributed by atoms with Crippen molar-refractivity contribution in [2.24, 2.45) is 10.9 Å². The summed E-state index contributed by atoms with van der Waals surface area (Å²) in [6.07, 6.45) is 0. The van der Waals surface area contributed by atoms with Gasteiger partial charge >= 0.3 is 0 Å². The van der Waals surface area contributed by atoms with Crippen molar-refractivity contribution in [3.63, 3.8) is 0 Å². The van der Waals surface area contributed by atoms with Gasteiger partial charge in [-0.15, -0.1) is 0 Å². The summed E-state index contributed by atoms with van der Waals surface area (Å²) in [6, 6.07) is 7.23. The van der Waals surface area contributed by atoms with E-state index in [-0.39, 0.29) is 11.6 Å². The molecule has 0 fully saturated rings. The summed E-state index contributed by atoms with van der Waals surface area (Å²) >= 11 is 5.84. The van der Waals surface area contributed by atoms with Gasteiger partial charge < -0.3 is 10.6 Å². The molecule has 1 aliphatic rings. The Labute approximate surface area is 104 Å². The van der Waals surface area contributed by atoms with Gasteiger partial charge in [-0.3, -0.25) is 4.79 Å². The van der Waals surface area contributed by atoms with E-state index in [4.69, 9.17) is 22.2 Å². The molecular weight excluding hydrogens is 240 g/mol. The van der Waals surface area contributed by atoms with Crippen LogP contribution in [0.15, 0.2) is 29.4 Å². The van der Waals surface area contributed by atoms with Crippen molar-refractivity contribution in [1.29, 1.82) is 0 Å². The van der Waals surface area contributed by atoms with E-state index >= 15 is 0 Å². The number of benzene rings is 1. The number of carbonyl (C=O) groups excluding carboxylic acids is 1. The standard InChI is InChI=1S/C12H13ClN2O2/c1-12(2)9(10(11(14)16)15-17-12)7-3-5-8(13)6-4-7/h3-6,9H,1-2H3,(H2,14,16). The van der Waals surface area contributed by atoms with Gasteiger partial charge in [-0.2, -0.15) is 0 Å². The lowest BCUT2D eigenvalue weighted by molar-refractivity contribution is -0.112. The van der Waals surface area contributed by atoms with E-state index in [1.807, 2.05) is 26.0 Å². The molecule has 0 aromatic heterocycles. The maximum absolute atomic E-state index is 11.3. The third kappa shape index (κ3) is 2.13. The Morgan fingerprint density at radius 3 is 2.53 bits per heavy atom. The third-order valence-corrected chi connectivity index (χ3v) is 3.06. The molecule has 1 amide bonds. The van der Waals surface area contributed by atoms with Gasteiger partial charge in [0.2, 0.25) is 0 Å². The summed E-state index contributed by atoms with van der Waals surface area (Å²) in [7, 11) is 0. The largest absolute Gasteiger partial charge is 0.388 e. The molecule has 2 rings (SSSR count). The number of hydrogen-bond donors (Lipinski definition) is 1. The van der Waals surface area contributed by atoms with E-state index in [9.17, 15) is 4.79 Å². The van der Waals surface area contributed by atoms with Crippen LogP contribution in [0.3, 0.4) is 0 Å². The molecule has 0 bridgehead atoms. The van der Waals surface area contributed by atoms with E-state index in [1.165, 1.54) is 0 Å². The average Bonchev–Trinajstić information content (AvgIpc) is 2.56. The molecule has 17 heavy (non-hydrogen) atoms. The zero-order valence-electron chi connectivity index (χ0n) is 9.61. The molecule has 0 aliphatic carbocycles. The highest BCUT2D eigenvalue weighted by molar-refractivity contribution is 6.41. The van der Waals surface area contributed by atoms with Gasteiger partial charge in [0.1, 0.15) is 5.60 Å². The van der Waals surface area contributed by atoms with Crippen molar-refractivity contribution < 1.29 is 9.63 Å². The van der Waals surface area contributed by atoms with Crippen LogP contribution in [0, 0.1) is 0 Å². The molecule has 0 radical (unpaired) electrons. The van der Waals surface area contributed by atoms with E-state index in [0.29, 0.717) is 5.02 Å². The molecule has 1 atom stereocenters. The summed E-state index contributed by atoms with van der Waals surface area (Å²) < 4.78 is 0. The van der Waals surface area contributed by atoms with Crippen molar-refractivity contribution in [1.82, 2.24) is 0 Å². The number of hydrogen-bond acceptors (Lipinski definition) is 3. The number of carbonyl (C=O) groups is 1. The van der Waals surface area contributed by atoms with E-state index in [1.54, 1.807) is 12.1 Å². The fraction of sp³-hybridized carbons (Fsp3) is 0.333. The molecule has 90 valence electrons. The number of halogens is 1. The van der Waals surface area contributed by atoms with Crippen LogP contribution in [0.25, 0.3) is 0 Å². The predicted octanol–water partition coefficient (Wildman–Crippen LogP) is 2.07. The van der Waals surface area contributed by atoms with Gasteiger partial charge in [-0.1, -0.05) is 28.9 Å². The zero-order chi connectivity index (χ0) is 12.6. The molecule has 4 nitrogen and oxygen atoms in total. The molecule has 0 saturated carbocycles. The summed E-state index contributed by atoms with van der Waals surface area (Å²) in [5.74, 6) is -0.826. The van der Waals surface area contributed by atoms with Gasteiger partial charge in [0.25, 0.3) is 5.91 Å². The number of nitrogens with two attached hydrogens (primary N) is 1. The molecule has 1 aromatic rings. The van der Waals surface area contributed by atoms with Gasteiger partial charge in [0.05, 0.1) is 5.92 Å². The Morgan fingerprint density at radius 2 is 2.00 bits per heavy atom. The number of nitrogens with zero attached hydrogens (tertiary/aromatic N) is 1. The SMILES string of the molecule is CC1(C)ON=C(C(N)=O)C1c1ccc(Cl)cc1. The molecule has 1 aromatic carbocycles. The van der Waals surface area contributed by atoms with Crippen LogP contribution in [0.5, 0.6) is 0 Å². The molecule has 1 aliphatic heterocycles. The van der Waals surface area contributed by atoms with Gasteiger partial charge in [-0.25, -0.2) is 0 Å². The third-order valence-electron chi connectivity index (χ3n) is 2.80. The molecule has 5 heteroatoms. The highest BCUT2D eigenvalue weighted by Crippen LogP contribution is 2.37. The van der Waals surface area contributed by atoms with E-state index < -0.39 is 11.5 Å².